The van der Waals surface area contributed by atoms with Crippen molar-refractivity contribution in [1.29, 1.82) is 0 Å². The van der Waals surface area contributed by atoms with E-state index in [0.29, 0.717) is 23.5 Å². The molecule has 0 saturated heterocycles. The van der Waals surface area contributed by atoms with E-state index in [4.69, 9.17) is 0 Å². The molecule has 84 valence electrons. The maximum absolute atomic E-state index is 12.3. The van der Waals surface area contributed by atoms with Gasteiger partial charge in [-0.25, -0.2) is 0 Å². The standard InChI is InChI=1S/C14H22O/c1-3-4-7-12-10(2)9-11-6-5-8-13(11)14(12)15/h8,10-12H,3-7,9H2,1-2H3/t10-,11+,12+/m1/s1. The van der Waals surface area contributed by atoms with Gasteiger partial charge in [-0.05, 0) is 43.1 Å². The van der Waals surface area contributed by atoms with Crippen LogP contribution in [-0.2, 0) is 4.79 Å². The third-order valence-electron chi connectivity index (χ3n) is 4.15. The first-order chi connectivity index (χ1) is 7.24. The smallest absolute Gasteiger partial charge is 0.162 e. The second-order valence-electron chi connectivity index (χ2n) is 5.26. The molecule has 0 amide bonds. The maximum atomic E-state index is 12.3. The lowest BCUT2D eigenvalue weighted by molar-refractivity contribution is -0.123. The Morgan fingerprint density at radius 1 is 1.47 bits per heavy atom. The van der Waals surface area contributed by atoms with Crippen molar-refractivity contribution in [2.24, 2.45) is 17.8 Å². The predicted molar refractivity (Wildman–Crippen MR) is 62.6 cm³/mol. The zero-order valence-corrected chi connectivity index (χ0v) is 9.96. The van der Waals surface area contributed by atoms with Crippen molar-refractivity contribution in [3.63, 3.8) is 0 Å². The third-order valence-corrected chi connectivity index (χ3v) is 4.15. The molecule has 3 atom stereocenters. The van der Waals surface area contributed by atoms with Crippen molar-refractivity contribution in [2.45, 2.75) is 52.4 Å². The van der Waals surface area contributed by atoms with Crippen LogP contribution in [0, 0.1) is 17.8 Å². The Balaban J connectivity index is 2.07. The quantitative estimate of drug-likeness (QED) is 0.687. The number of allylic oxidation sites excluding steroid dienone is 2. The monoisotopic (exact) mass is 206 g/mol. The van der Waals surface area contributed by atoms with Crippen LogP contribution in [0.2, 0.25) is 0 Å². The summed E-state index contributed by atoms with van der Waals surface area (Å²) in [6, 6.07) is 0. The van der Waals surface area contributed by atoms with E-state index in [9.17, 15) is 4.79 Å². The van der Waals surface area contributed by atoms with Crippen molar-refractivity contribution in [2.75, 3.05) is 0 Å². The van der Waals surface area contributed by atoms with Gasteiger partial charge in [0.15, 0.2) is 5.78 Å². The zero-order valence-electron chi connectivity index (χ0n) is 9.96. The summed E-state index contributed by atoms with van der Waals surface area (Å²) in [5, 5.41) is 0. The number of hydrogen-bond acceptors (Lipinski definition) is 1. The molecule has 1 fully saturated rings. The molecule has 1 heteroatoms. The van der Waals surface area contributed by atoms with E-state index >= 15 is 0 Å². The van der Waals surface area contributed by atoms with E-state index in [1.54, 1.807) is 0 Å². The zero-order chi connectivity index (χ0) is 10.8. The van der Waals surface area contributed by atoms with E-state index in [1.807, 2.05) is 0 Å². The van der Waals surface area contributed by atoms with Gasteiger partial charge in [0.25, 0.3) is 0 Å². The number of fused-ring (bicyclic) bond motifs is 1. The number of unbranched alkanes of at least 4 members (excludes halogenated alkanes) is 1. The Labute approximate surface area is 92.9 Å². The molecule has 0 unspecified atom stereocenters. The van der Waals surface area contributed by atoms with E-state index < -0.39 is 0 Å². The van der Waals surface area contributed by atoms with Crippen LogP contribution in [0.3, 0.4) is 0 Å². The van der Waals surface area contributed by atoms with Crippen LogP contribution in [0.25, 0.3) is 0 Å². The first-order valence-corrected chi connectivity index (χ1v) is 6.48. The summed E-state index contributed by atoms with van der Waals surface area (Å²) in [5.41, 5.74) is 1.19. The average molecular weight is 206 g/mol. The molecular weight excluding hydrogens is 184 g/mol. The van der Waals surface area contributed by atoms with Gasteiger partial charge in [0, 0.05) is 5.92 Å². The molecule has 2 aliphatic carbocycles. The van der Waals surface area contributed by atoms with Crippen LogP contribution >= 0.6 is 0 Å². The van der Waals surface area contributed by atoms with Crippen LogP contribution in [0.4, 0.5) is 0 Å². The summed E-state index contributed by atoms with van der Waals surface area (Å²) in [5.74, 6) is 2.06. The number of carbonyl (C=O) groups excluding carboxylic acids is 1. The van der Waals surface area contributed by atoms with Gasteiger partial charge in [0.05, 0.1) is 0 Å². The fourth-order valence-electron chi connectivity index (χ4n) is 3.23. The Hall–Kier alpha value is -0.590. The Morgan fingerprint density at radius 2 is 2.27 bits per heavy atom. The third kappa shape index (κ3) is 2.02. The molecule has 2 aliphatic rings. The van der Waals surface area contributed by atoms with Crippen molar-refractivity contribution < 1.29 is 4.79 Å². The number of carbonyl (C=O) groups is 1. The largest absolute Gasteiger partial charge is 0.294 e. The molecule has 0 bridgehead atoms. The molecule has 0 radical (unpaired) electrons. The first kappa shape index (κ1) is 10.9. The molecule has 0 N–H and O–H groups in total. The molecule has 0 aliphatic heterocycles. The van der Waals surface area contributed by atoms with Crippen LogP contribution in [-0.4, -0.2) is 5.78 Å². The highest BCUT2D eigenvalue weighted by Crippen LogP contribution is 2.42. The van der Waals surface area contributed by atoms with Crippen LogP contribution in [0.1, 0.15) is 52.4 Å². The minimum atomic E-state index is 0.338. The fourth-order valence-corrected chi connectivity index (χ4v) is 3.23. The number of hydrogen-bond donors (Lipinski definition) is 0. The minimum absolute atomic E-state index is 0.338. The lowest BCUT2D eigenvalue weighted by Crippen LogP contribution is -2.32. The molecule has 0 heterocycles. The molecular formula is C14H22O. The van der Waals surface area contributed by atoms with Crippen LogP contribution < -0.4 is 0 Å². The minimum Gasteiger partial charge on any atom is -0.294 e. The number of ketones is 1. The summed E-state index contributed by atoms with van der Waals surface area (Å²) >= 11 is 0. The van der Waals surface area contributed by atoms with Crippen LogP contribution in [0.5, 0.6) is 0 Å². The van der Waals surface area contributed by atoms with E-state index in [2.05, 4.69) is 19.9 Å². The van der Waals surface area contributed by atoms with Gasteiger partial charge in [-0.1, -0.05) is 32.8 Å². The van der Waals surface area contributed by atoms with Crippen molar-refractivity contribution in [3.8, 4) is 0 Å². The average Bonchev–Trinajstić information content (AvgIpc) is 2.65. The Bertz CT molecular complexity index is 277. The second kappa shape index (κ2) is 4.51. The van der Waals surface area contributed by atoms with Gasteiger partial charge >= 0.3 is 0 Å². The SMILES string of the molecule is CCCC[C@@H]1C(=O)C2=CCC[C@H]2C[C@H]1C. The Morgan fingerprint density at radius 3 is 3.00 bits per heavy atom. The Kier molecular flexibility index (Phi) is 3.28. The molecule has 15 heavy (non-hydrogen) atoms. The van der Waals surface area contributed by atoms with E-state index in [-0.39, 0.29) is 0 Å². The highest BCUT2D eigenvalue weighted by Gasteiger charge is 2.38. The summed E-state index contributed by atoms with van der Waals surface area (Å²) in [6.45, 7) is 4.48. The van der Waals surface area contributed by atoms with Crippen LogP contribution in [0.15, 0.2) is 11.6 Å². The highest BCUT2D eigenvalue weighted by molar-refractivity contribution is 5.99. The van der Waals surface area contributed by atoms with Crippen molar-refractivity contribution >= 4 is 5.78 Å². The van der Waals surface area contributed by atoms with Crippen molar-refractivity contribution in [3.05, 3.63) is 11.6 Å². The topological polar surface area (TPSA) is 17.1 Å². The van der Waals surface area contributed by atoms with E-state index in [1.165, 1.54) is 31.3 Å². The first-order valence-electron chi connectivity index (χ1n) is 6.48. The normalized spacial score (nSPS) is 35.2. The van der Waals surface area contributed by atoms with Gasteiger partial charge in [0.2, 0.25) is 0 Å². The summed E-state index contributed by atoms with van der Waals surface area (Å²) < 4.78 is 0. The molecule has 0 aromatic rings. The van der Waals surface area contributed by atoms with Gasteiger partial charge in [-0.3, -0.25) is 4.79 Å². The highest BCUT2D eigenvalue weighted by atomic mass is 16.1. The molecule has 0 aromatic heterocycles. The molecule has 1 nitrogen and oxygen atoms in total. The fraction of sp³-hybridized carbons (Fsp3) is 0.786. The molecule has 0 aromatic carbocycles. The number of rotatable bonds is 3. The van der Waals surface area contributed by atoms with Gasteiger partial charge in [0.1, 0.15) is 0 Å². The van der Waals surface area contributed by atoms with Gasteiger partial charge < -0.3 is 0 Å². The number of Topliss-reactive ketones (excluding diaryl/α,β-unsaturated/α-hetero) is 1. The predicted octanol–water partition coefficient (Wildman–Crippen LogP) is 3.74. The molecule has 0 spiro atoms. The second-order valence-corrected chi connectivity index (χ2v) is 5.26. The lowest BCUT2D eigenvalue weighted by atomic mass is 9.70. The van der Waals surface area contributed by atoms with Gasteiger partial charge in [-0.15, -0.1) is 0 Å². The van der Waals surface area contributed by atoms with E-state index in [0.717, 1.165) is 12.8 Å². The summed E-state index contributed by atoms with van der Waals surface area (Å²) in [7, 11) is 0. The maximum Gasteiger partial charge on any atom is 0.162 e. The molecule has 1 saturated carbocycles. The van der Waals surface area contributed by atoms with Gasteiger partial charge in [-0.2, -0.15) is 0 Å². The summed E-state index contributed by atoms with van der Waals surface area (Å²) in [6.07, 6.45) is 9.35. The lowest BCUT2D eigenvalue weighted by Gasteiger charge is -2.33. The summed E-state index contributed by atoms with van der Waals surface area (Å²) in [4.78, 5) is 12.3. The molecule has 2 rings (SSSR count). The van der Waals surface area contributed by atoms with Crippen molar-refractivity contribution in [1.82, 2.24) is 0 Å².